The molecule has 0 spiro atoms. The second kappa shape index (κ2) is 3.73. The van der Waals surface area contributed by atoms with Gasteiger partial charge in [0.2, 0.25) is 0 Å². The first-order valence-electron chi connectivity index (χ1n) is 6.13. The summed E-state index contributed by atoms with van der Waals surface area (Å²) in [7, 11) is 0. The van der Waals surface area contributed by atoms with Crippen LogP contribution in [0.4, 0.5) is 4.79 Å². The van der Waals surface area contributed by atoms with Gasteiger partial charge >= 0.3 is 6.03 Å². The molecule has 0 bridgehead atoms. The molecule has 0 aromatic carbocycles. The molecule has 3 fully saturated rings. The Hall–Kier alpha value is -1.10. The molecule has 5 nitrogen and oxygen atoms in total. The molecular formula is C11H17N3O2. The number of imide groups is 1. The van der Waals surface area contributed by atoms with Crippen LogP contribution in [0.5, 0.6) is 0 Å². The zero-order valence-electron chi connectivity index (χ0n) is 9.32. The van der Waals surface area contributed by atoms with Crippen LogP contribution in [0.25, 0.3) is 0 Å². The second-order valence-electron chi connectivity index (χ2n) is 4.84. The number of carbonyl (C=O) groups is 2. The summed E-state index contributed by atoms with van der Waals surface area (Å²) in [4.78, 5) is 27.6. The van der Waals surface area contributed by atoms with E-state index in [0.717, 1.165) is 32.2 Å². The number of rotatable bonds is 1. The Kier molecular flexibility index (Phi) is 2.35. The largest absolute Gasteiger partial charge is 0.327 e. The SMILES string of the molecule is O=C1C2CNCCN2C(=O)N1C1CCCC1. The summed E-state index contributed by atoms with van der Waals surface area (Å²) in [6.45, 7) is 2.08. The molecule has 3 amide bonds. The molecule has 1 atom stereocenters. The molecule has 2 aliphatic heterocycles. The van der Waals surface area contributed by atoms with Gasteiger partial charge in [0, 0.05) is 25.7 Å². The van der Waals surface area contributed by atoms with E-state index in [4.69, 9.17) is 0 Å². The molecule has 88 valence electrons. The Morgan fingerprint density at radius 3 is 2.62 bits per heavy atom. The molecular weight excluding hydrogens is 206 g/mol. The Balaban J connectivity index is 1.83. The van der Waals surface area contributed by atoms with Crippen molar-refractivity contribution in [2.75, 3.05) is 19.6 Å². The van der Waals surface area contributed by atoms with E-state index < -0.39 is 0 Å². The molecule has 2 heterocycles. The van der Waals surface area contributed by atoms with E-state index >= 15 is 0 Å². The normalized spacial score (nSPS) is 31.4. The maximum atomic E-state index is 12.2. The minimum absolute atomic E-state index is 0.0177. The van der Waals surface area contributed by atoms with Gasteiger partial charge < -0.3 is 10.2 Å². The van der Waals surface area contributed by atoms with Gasteiger partial charge in [0.25, 0.3) is 5.91 Å². The first-order chi connectivity index (χ1) is 7.79. The molecule has 0 aromatic rings. The van der Waals surface area contributed by atoms with Crippen molar-refractivity contribution in [3.8, 4) is 0 Å². The zero-order valence-corrected chi connectivity index (χ0v) is 9.32. The van der Waals surface area contributed by atoms with Gasteiger partial charge in [0.15, 0.2) is 0 Å². The summed E-state index contributed by atoms with van der Waals surface area (Å²) in [5.74, 6) is 0.0177. The van der Waals surface area contributed by atoms with Crippen LogP contribution < -0.4 is 5.32 Å². The Labute approximate surface area is 94.8 Å². The van der Waals surface area contributed by atoms with Gasteiger partial charge in [-0.25, -0.2) is 4.79 Å². The average Bonchev–Trinajstić information content (AvgIpc) is 2.89. The van der Waals surface area contributed by atoms with Gasteiger partial charge in [-0.05, 0) is 12.8 Å². The van der Waals surface area contributed by atoms with Gasteiger partial charge in [-0.15, -0.1) is 0 Å². The average molecular weight is 223 g/mol. The van der Waals surface area contributed by atoms with Gasteiger partial charge in [-0.3, -0.25) is 9.69 Å². The molecule has 3 rings (SSSR count). The van der Waals surface area contributed by atoms with Crippen LogP contribution in [0.2, 0.25) is 0 Å². The summed E-state index contributed by atoms with van der Waals surface area (Å²) < 4.78 is 0. The van der Waals surface area contributed by atoms with E-state index in [1.165, 1.54) is 4.90 Å². The topological polar surface area (TPSA) is 52.7 Å². The quantitative estimate of drug-likeness (QED) is 0.644. The molecule has 3 aliphatic rings. The van der Waals surface area contributed by atoms with Gasteiger partial charge in [0.05, 0.1) is 0 Å². The van der Waals surface area contributed by atoms with Gasteiger partial charge in [-0.2, -0.15) is 0 Å². The highest BCUT2D eigenvalue weighted by Crippen LogP contribution is 2.29. The van der Waals surface area contributed by atoms with E-state index in [9.17, 15) is 9.59 Å². The van der Waals surface area contributed by atoms with Crippen molar-refractivity contribution in [3.63, 3.8) is 0 Å². The molecule has 1 N–H and O–H groups in total. The fourth-order valence-electron chi connectivity index (χ4n) is 3.05. The lowest BCUT2D eigenvalue weighted by atomic mass is 10.2. The van der Waals surface area contributed by atoms with Crippen LogP contribution in [0.1, 0.15) is 25.7 Å². The number of fused-ring (bicyclic) bond motifs is 1. The Bertz CT molecular complexity index is 301. The van der Waals surface area contributed by atoms with Crippen LogP contribution in [0.15, 0.2) is 0 Å². The standard InChI is InChI=1S/C11H17N3O2/c15-10-9-7-12-5-6-13(9)11(16)14(10)8-3-1-2-4-8/h8-9,12H,1-7H2. The maximum absolute atomic E-state index is 12.2. The first kappa shape index (κ1) is 10.1. The maximum Gasteiger partial charge on any atom is 0.327 e. The van der Waals surface area contributed by atoms with E-state index in [1.54, 1.807) is 4.90 Å². The van der Waals surface area contributed by atoms with Crippen molar-refractivity contribution in [3.05, 3.63) is 0 Å². The molecule has 0 radical (unpaired) electrons. The Morgan fingerprint density at radius 1 is 1.19 bits per heavy atom. The van der Waals surface area contributed by atoms with E-state index in [-0.39, 0.29) is 24.0 Å². The third-order valence-corrected chi connectivity index (χ3v) is 3.91. The second-order valence-corrected chi connectivity index (χ2v) is 4.84. The fraction of sp³-hybridized carbons (Fsp3) is 0.818. The number of hydrogen-bond donors (Lipinski definition) is 1. The highest BCUT2D eigenvalue weighted by Gasteiger charge is 2.48. The first-order valence-corrected chi connectivity index (χ1v) is 6.13. The lowest BCUT2D eigenvalue weighted by Gasteiger charge is -2.27. The molecule has 0 aromatic heterocycles. The molecule has 2 saturated heterocycles. The smallest absolute Gasteiger partial charge is 0.312 e. The monoisotopic (exact) mass is 223 g/mol. The van der Waals surface area contributed by atoms with Crippen LogP contribution in [0, 0.1) is 0 Å². The lowest BCUT2D eigenvalue weighted by molar-refractivity contribution is -0.129. The molecule has 16 heavy (non-hydrogen) atoms. The summed E-state index contributed by atoms with van der Waals surface area (Å²) >= 11 is 0. The fourth-order valence-corrected chi connectivity index (χ4v) is 3.05. The van der Waals surface area contributed by atoms with Crippen molar-refractivity contribution in [1.29, 1.82) is 0 Å². The predicted octanol–water partition coefficient (Wildman–Crippen LogP) is 0.165. The predicted molar refractivity (Wildman–Crippen MR) is 57.9 cm³/mol. The molecule has 1 aliphatic carbocycles. The van der Waals surface area contributed by atoms with Crippen LogP contribution in [0.3, 0.4) is 0 Å². The van der Waals surface area contributed by atoms with Crippen molar-refractivity contribution < 1.29 is 9.59 Å². The zero-order chi connectivity index (χ0) is 11.1. The number of urea groups is 1. The number of nitrogens with one attached hydrogen (secondary N) is 1. The van der Waals surface area contributed by atoms with Gasteiger partial charge in [0.1, 0.15) is 6.04 Å². The third-order valence-electron chi connectivity index (χ3n) is 3.91. The van der Waals surface area contributed by atoms with Crippen LogP contribution in [-0.4, -0.2) is 53.5 Å². The Morgan fingerprint density at radius 2 is 1.94 bits per heavy atom. The number of hydrogen-bond acceptors (Lipinski definition) is 3. The minimum atomic E-state index is -0.234. The molecule has 1 unspecified atom stereocenters. The van der Waals surface area contributed by atoms with Crippen LogP contribution in [-0.2, 0) is 4.79 Å². The third kappa shape index (κ3) is 1.34. The number of amides is 3. The van der Waals surface area contributed by atoms with Crippen molar-refractivity contribution in [2.45, 2.75) is 37.8 Å². The number of nitrogens with zero attached hydrogens (tertiary/aromatic N) is 2. The highest BCUT2D eigenvalue weighted by atomic mass is 16.2. The highest BCUT2D eigenvalue weighted by molar-refractivity contribution is 6.04. The summed E-state index contributed by atoms with van der Waals surface area (Å²) in [5, 5.41) is 3.18. The minimum Gasteiger partial charge on any atom is -0.312 e. The van der Waals surface area contributed by atoms with Crippen molar-refractivity contribution in [1.82, 2.24) is 15.1 Å². The van der Waals surface area contributed by atoms with Crippen molar-refractivity contribution >= 4 is 11.9 Å². The summed E-state index contributed by atoms with van der Waals surface area (Å²) in [6.07, 6.45) is 4.27. The number of piperazine rings is 1. The van der Waals surface area contributed by atoms with E-state index in [1.807, 2.05) is 0 Å². The van der Waals surface area contributed by atoms with E-state index in [0.29, 0.717) is 13.1 Å². The van der Waals surface area contributed by atoms with Gasteiger partial charge in [-0.1, -0.05) is 12.8 Å². The lowest BCUT2D eigenvalue weighted by Crippen LogP contribution is -2.51. The number of carbonyl (C=O) groups excluding carboxylic acids is 2. The summed E-state index contributed by atoms with van der Waals surface area (Å²) in [5.41, 5.74) is 0. The molecule has 1 saturated carbocycles. The summed E-state index contributed by atoms with van der Waals surface area (Å²) in [6, 6.07) is -0.115. The van der Waals surface area contributed by atoms with Crippen molar-refractivity contribution in [2.24, 2.45) is 0 Å². The van der Waals surface area contributed by atoms with E-state index in [2.05, 4.69) is 5.32 Å². The molecule has 5 heteroatoms. The van der Waals surface area contributed by atoms with Crippen LogP contribution >= 0.6 is 0 Å².